The van der Waals surface area contributed by atoms with Gasteiger partial charge in [0.05, 0.1) is 10.7 Å². The van der Waals surface area contributed by atoms with Crippen LogP contribution in [-0.4, -0.2) is 16.1 Å². The summed E-state index contributed by atoms with van der Waals surface area (Å²) in [7, 11) is 0. The molecule has 1 N–H and O–H groups in total. The first-order chi connectivity index (χ1) is 6.48. The molecule has 14 heavy (non-hydrogen) atoms. The number of thiazole rings is 1. The number of carboxylic acid groups (broad SMARTS) is 1. The predicted octanol–water partition coefficient (Wildman–Crippen LogP) is 2.46. The molecule has 0 saturated heterocycles. The fourth-order valence-electron chi connectivity index (χ4n) is 1.04. The van der Waals surface area contributed by atoms with Crippen LogP contribution in [0, 0.1) is 0 Å². The van der Waals surface area contributed by atoms with Crippen LogP contribution in [0.5, 0.6) is 0 Å². The Labute approximate surface area is 87.8 Å². The highest BCUT2D eigenvalue weighted by Gasteiger charge is 2.31. The fraction of sp³-hybridized carbons (Fsp3) is 0.600. The maximum Gasteiger partial charge on any atom is 0.315 e. The number of aryl methyl sites for hydroxylation is 1. The van der Waals surface area contributed by atoms with Crippen LogP contribution in [0.15, 0.2) is 5.38 Å². The van der Waals surface area contributed by atoms with Crippen LogP contribution in [0.3, 0.4) is 0 Å². The molecule has 1 rings (SSSR count). The van der Waals surface area contributed by atoms with Crippen molar-refractivity contribution in [3.05, 3.63) is 16.1 Å². The van der Waals surface area contributed by atoms with E-state index >= 15 is 0 Å². The van der Waals surface area contributed by atoms with Gasteiger partial charge in [0.1, 0.15) is 5.41 Å². The third-order valence-electron chi connectivity index (χ3n) is 2.19. The Bertz CT molecular complexity index is 331. The molecule has 0 atom stereocenters. The third kappa shape index (κ3) is 2.12. The molecule has 1 aromatic rings. The van der Waals surface area contributed by atoms with E-state index in [1.54, 1.807) is 25.2 Å². The van der Waals surface area contributed by atoms with Crippen LogP contribution in [0.1, 0.15) is 37.9 Å². The summed E-state index contributed by atoms with van der Waals surface area (Å²) in [6.45, 7) is 5.45. The Morgan fingerprint density at radius 2 is 2.29 bits per heavy atom. The van der Waals surface area contributed by atoms with Crippen molar-refractivity contribution >= 4 is 17.3 Å². The molecule has 0 unspecified atom stereocenters. The molecule has 4 heteroatoms. The molecular formula is C10H15NO2S. The zero-order valence-electron chi connectivity index (χ0n) is 8.70. The van der Waals surface area contributed by atoms with Crippen LogP contribution in [0.4, 0.5) is 0 Å². The molecule has 3 nitrogen and oxygen atoms in total. The highest BCUT2D eigenvalue weighted by Crippen LogP contribution is 2.25. The van der Waals surface area contributed by atoms with Gasteiger partial charge >= 0.3 is 5.97 Å². The third-order valence-corrected chi connectivity index (χ3v) is 3.10. The van der Waals surface area contributed by atoms with Crippen LogP contribution >= 0.6 is 11.3 Å². The minimum absolute atomic E-state index is 0.665. The van der Waals surface area contributed by atoms with Crippen molar-refractivity contribution in [2.45, 2.75) is 39.0 Å². The van der Waals surface area contributed by atoms with Crippen molar-refractivity contribution < 1.29 is 9.90 Å². The van der Waals surface area contributed by atoms with Gasteiger partial charge in [-0.1, -0.05) is 6.92 Å². The molecule has 78 valence electrons. The molecule has 0 amide bonds. The van der Waals surface area contributed by atoms with E-state index < -0.39 is 11.4 Å². The van der Waals surface area contributed by atoms with E-state index in [0.717, 1.165) is 17.8 Å². The van der Waals surface area contributed by atoms with E-state index in [2.05, 4.69) is 11.9 Å². The number of hydrogen-bond acceptors (Lipinski definition) is 3. The van der Waals surface area contributed by atoms with Crippen molar-refractivity contribution in [2.24, 2.45) is 0 Å². The lowest BCUT2D eigenvalue weighted by Crippen LogP contribution is -2.28. The molecule has 1 aromatic heterocycles. The molecule has 1 heterocycles. The Hall–Kier alpha value is -0.900. The molecule has 0 aromatic carbocycles. The molecule has 0 spiro atoms. The van der Waals surface area contributed by atoms with Crippen LogP contribution in [0.2, 0.25) is 0 Å². The van der Waals surface area contributed by atoms with E-state index in [4.69, 9.17) is 5.11 Å². The highest BCUT2D eigenvalue weighted by atomic mass is 32.1. The second kappa shape index (κ2) is 4.09. The van der Waals surface area contributed by atoms with Gasteiger partial charge in [0.2, 0.25) is 0 Å². The van der Waals surface area contributed by atoms with Crippen LogP contribution in [0.25, 0.3) is 0 Å². The van der Waals surface area contributed by atoms with Gasteiger partial charge in [0.15, 0.2) is 0 Å². The highest BCUT2D eigenvalue weighted by molar-refractivity contribution is 7.09. The number of rotatable bonds is 4. The van der Waals surface area contributed by atoms with Crippen molar-refractivity contribution in [1.82, 2.24) is 4.98 Å². The zero-order valence-corrected chi connectivity index (χ0v) is 9.52. The van der Waals surface area contributed by atoms with Crippen molar-refractivity contribution in [3.8, 4) is 0 Å². The lowest BCUT2D eigenvalue weighted by atomic mass is 9.90. The van der Waals surface area contributed by atoms with Crippen LogP contribution in [-0.2, 0) is 16.6 Å². The average molecular weight is 213 g/mol. The lowest BCUT2D eigenvalue weighted by Gasteiger charge is -2.15. The van der Waals surface area contributed by atoms with Gasteiger partial charge in [-0.15, -0.1) is 11.3 Å². The second-order valence-corrected chi connectivity index (χ2v) is 4.75. The fourth-order valence-corrected chi connectivity index (χ4v) is 2.10. The minimum atomic E-state index is -0.873. The van der Waals surface area contributed by atoms with Gasteiger partial charge in [-0.25, -0.2) is 4.98 Å². The number of aliphatic carboxylic acids is 1. The van der Waals surface area contributed by atoms with Gasteiger partial charge in [0, 0.05) is 5.38 Å². The molecule has 0 radical (unpaired) electrons. The second-order valence-electron chi connectivity index (χ2n) is 3.81. The minimum Gasteiger partial charge on any atom is -0.481 e. The SMILES string of the molecule is CCCc1nc(C(C)(C)C(=O)O)cs1. The molecule has 0 aliphatic rings. The standard InChI is InChI=1S/C10H15NO2S/c1-4-5-8-11-7(6-14-8)10(2,3)9(12)13/h6H,4-5H2,1-3H3,(H,12,13). The van der Waals surface area contributed by atoms with E-state index in [1.165, 1.54) is 0 Å². The lowest BCUT2D eigenvalue weighted by molar-refractivity contribution is -0.142. The summed E-state index contributed by atoms with van der Waals surface area (Å²) < 4.78 is 0. The summed E-state index contributed by atoms with van der Waals surface area (Å²) in [6, 6.07) is 0. The number of hydrogen-bond donors (Lipinski definition) is 1. The quantitative estimate of drug-likeness (QED) is 0.835. The van der Waals surface area contributed by atoms with E-state index in [1.807, 2.05) is 5.38 Å². The summed E-state index contributed by atoms with van der Waals surface area (Å²) in [6.07, 6.45) is 1.97. The zero-order chi connectivity index (χ0) is 10.8. The maximum absolute atomic E-state index is 11.0. The predicted molar refractivity (Wildman–Crippen MR) is 56.8 cm³/mol. The van der Waals surface area contributed by atoms with E-state index in [9.17, 15) is 4.79 Å². The Morgan fingerprint density at radius 3 is 2.79 bits per heavy atom. The Kier molecular flexibility index (Phi) is 3.26. The summed E-state index contributed by atoms with van der Waals surface area (Å²) in [5.41, 5.74) is -0.207. The van der Waals surface area contributed by atoms with E-state index in [0.29, 0.717) is 5.69 Å². The van der Waals surface area contributed by atoms with Crippen molar-refractivity contribution in [2.75, 3.05) is 0 Å². The smallest absolute Gasteiger partial charge is 0.315 e. The molecule has 0 aliphatic heterocycles. The molecule has 0 fully saturated rings. The Morgan fingerprint density at radius 1 is 1.64 bits per heavy atom. The first-order valence-electron chi connectivity index (χ1n) is 4.66. The van der Waals surface area contributed by atoms with Crippen LogP contribution < -0.4 is 0 Å². The Balaban J connectivity index is 2.91. The summed E-state index contributed by atoms with van der Waals surface area (Å²) in [5.74, 6) is -0.828. The molecule has 0 bridgehead atoms. The van der Waals surface area contributed by atoms with Gasteiger partial charge in [0.25, 0.3) is 0 Å². The summed E-state index contributed by atoms with van der Waals surface area (Å²) in [5, 5.41) is 11.9. The van der Waals surface area contributed by atoms with Gasteiger partial charge < -0.3 is 5.11 Å². The summed E-state index contributed by atoms with van der Waals surface area (Å²) >= 11 is 1.54. The van der Waals surface area contributed by atoms with Crippen molar-refractivity contribution in [3.63, 3.8) is 0 Å². The van der Waals surface area contributed by atoms with Gasteiger partial charge in [-0.2, -0.15) is 0 Å². The molecule has 0 saturated carbocycles. The first-order valence-corrected chi connectivity index (χ1v) is 5.54. The summed E-state index contributed by atoms with van der Waals surface area (Å²) in [4.78, 5) is 15.3. The number of nitrogens with zero attached hydrogens (tertiary/aromatic N) is 1. The van der Waals surface area contributed by atoms with Gasteiger partial charge in [-0.05, 0) is 26.7 Å². The molecular weight excluding hydrogens is 198 g/mol. The monoisotopic (exact) mass is 213 g/mol. The number of carbonyl (C=O) groups is 1. The normalized spacial score (nSPS) is 11.6. The first kappa shape index (κ1) is 11.2. The maximum atomic E-state index is 11.0. The number of carboxylic acids is 1. The number of aromatic nitrogens is 1. The average Bonchev–Trinajstić information content (AvgIpc) is 2.53. The van der Waals surface area contributed by atoms with Crippen molar-refractivity contribution in [1.29, 1.82) is 0 Å². The molecule has 0 aliphatic carbocycles. The van der Waals surface area contributed by atoms with Gasteiger partial charge in [-0.3, -0.25) is 4.79 Å². The largest absolute Gasteiger partial charge is 0.481 e. The van der Waals surface area contributed by atoms with E-state index in [-0.39, 0.29) is 0 Å². The topological polar surface area (TPSA) is 50.2 Å².